The predicted molar refractivity (Wildman–Crippen MR) is 122 cm³/mol. The molecule has 1 fully saturated rings. The van der Waals surface area contributed by atoms with Crippen LogP contribution in [0.2, 0.25) is 13.1 Å². The summed E-state index contributed by atoms with van der Waals surface area (Å²) in [5.74, 6) is 0.914. The van der Waals surface area contributed by atoms with Gasteiger partial charge < -0.3 is 15.4 Å². The average Bonchev–Trinajstić information content (AvgIpc) is 3.17. The number of nitrogens with zero attached hydrogens (tertiary/aromatic N) is 1. The Balaban J connectivity index is 1.40. The topological polar surface area (TPSA) is 66.6 Å². The van der Waals surface area contributed by atoms with Crippen molar-refractivity contribution >= 4 is 30.7 Å². The molecule has 0 bridgehead atoms. The van der Waals surface area contributed by atoms with Crippen LogP contribution >= 0.6 is 11.3 Å². The van der Waals surface area contributed by atoms with Crippen LogP contribution in [0, 0.1) is 5.92 Å². The highest BCUT2D eigenvalue weighted by molar-refractivity contribution is 7.12. The van der Waals surface area contributed by atoms with Crippen LogP contribution in [0.1, 0.15) is 46.7 Å². The molecule has 2 aliphatic rings. The fourth-order valence-electron chi connectivity index (χ4n) is 4.90. The molecule has 0 unspecified atom stereocenters. The molecule has 2 aromatic rings. The minimum atomic E-state index is -2.34. The largest absolute Gasteiger partial charge is 0.428 e. The van der Waals surface area contributed by atoms with E-state index in [1.807, 2.05) is 13.1 Å². The maximum Gasteiger partial charge on any atom is 0.226 e. The minimum absolute atomic E-state index is 0.0734. The van der Waals surface area contributed by atoms with E-state index < -0.39 is 8.32 Å². The molecule has 0 saturated carbocycles. The summed E-state index contributed by atoms with van der Waals surface area (Å²) in [6, 6.07) is 8.60. The molecular weight excluding hydrogens is 396 g/mol. The van der Waals surface area contributed by atoms with Gasteiger partial charge in [0.15, 0.2) is 0 Å². The summed E-state index contributed by atoms with van der Waals surface area (Å²) < 4.78 is 0. The number of benzene rings is 1. The molecule has 4 rings (SSSR count). The van der Waals surface area contributed by atoms with Gasteiger partial charge in [0.25, 0.3) is 0 Å². The van der Waals surface area contributed by atoms with Gasteiger partial charge in [-0.2, -0.15) is 0 Å². The molecule has 1 aromatic heterocycles. The van der Waals surface area contributed by atoms with Gasteiger partial charge in [0.2, 0.25) is 14.2 Å². The third-order valence-corrected chi connectivity index (χ3v) is 9.69. The number of piperidine rings is 1. The van der Waals surface area contributed by atoms with Crippen LogP contribution in [0.5, 0.6) is 0 Å². The number of thiophene rings is 1. The quantitative estimate of drug-likeness (QED) is 0.736. The number of carbonyl (C=O) groups is 1. The van der Waals surface area contributed by atoms with E-state index in [2.05, 4.69) is 34.5 Å². The van der Waals surface area contributed by atoms with Crippen LogP contribution < -0.4 is 10.9 Å². The first-order valence-electron chi connectivity index (χ1n) is 10.8. The van der Waals surface area contributed by atoms with Crippen molar-refractivity contribution in [1.82, 2.24) is 4.90 Å². The lowest BCUT2D eigenvalue weighted by Crippen LogP contribution is -2.46. The summed E-state index contributed by atoms with van der Waals surface area (Å²) in [6.07, 6.45) is 4.78. The summed E-state index contributed by atoms with van der Waals surface area (Å²) in [7, 11) is -2.34. The first kappa shape index (κ1) is 20.8. The second kappa shape index (κ2) is 8.34. The minimum Gasteiger partial charge on any atom is -0.428 e. The Bertz CT molecular complexity index is 881. The van der Waals surface area contributed by atoms with Crippen molar-refractivity contribution in [3.8, 4) is 0 Å². The Morgan fingerprint density at radius 3 is 2.72 bits per heavy atom. The smallest absolute Gasteiger partial charge is 0.226 e. The summed E-state index contributed by atoms with van der Waals surface area (Å²) >= 11 is 1.77. The highest BCUT2D eigenvalue weighted by Gasteiger charge is 2.35. The van der Waals surface area contributed by atoms with Crippen molar-refractivity contribution in [2.75, 3.05) is 13.1 Å². The lowest BCUT2D eigenvalue weighted by Gasteiger charge is -2.36. The van der Waals surface area contributed by atoms with Crippen LogP contribution in [0.15, 0.2) is 29.6 Å². The molecule has 2 heterocycles. The first-order valence-corrected chi connectivity index (χ1v) is 14.6. The lowest BCUT2D eigenvalue weighted by atomic mass is 9.85. The summed E-state index contributed by atoms with van der Waals surface area (Å²) in [5.41, 5.74) is 9.62. The van der Waals surface area contributed by atoms with E-state index in [1.54, 1.807) is 11.3 Å². The second-order valence-electron chi connectivity index (χ2n) is 9.10. The Morgan fingerprint density at radius 1 is 1.28 bits per heavy atom. The van der Waals surface area contributed by atoms with E-state index in [9.17, 15) is 9.59 Å². The van der Waals surface area contributed by atoms with Gasteiger partial charge in [0.1, 0.15) is 0 Å². The number of carbonyl (C=O) groups excluding carboxylic acids is 1. The van der Waals surface area contributed by atoms with Crippen LogP contribution in [0.4, 0.5) is 0 Å². The average molecular weight is 429 g/mol. The number of nitrogens with two attached hydrogens (primary N) is 1. The van der Waals surface area contributed by atoms with Crippen molar-refractivity contribution in [3.63, 3.8) is 0 Å². The molecule has 1 amide bonds. The molecule has 0 radical (unpaired) electrons. The van der Waals surface area contributed by atoms with Crippen LogP contribution in [0.25, 0.3) is 0 Å². The van der Waals surface area contributed by atoms with Crippen LogP contribution in [-0.4, -0.2) is 37.0 Å². The zero-order chi connectivity index (χ0) is 20.6. The van der Waals surface area contributed by atoms with E-state index in [1.165, 1.54) is 21.6 Å². The third kappa shape index (κ3) is 4.36. The number of hydrogen-bond donors (Lipinski definition) is 2. The molecule has 4 nitrogen and oxygen atoms in total. The van der Waals surface area contributed by atoms with Crippen molar-refractivity contribution in [2.24, 2.45) is 11.7 Å². The fourth-order valence-corrected chi connectivity index (χ4v) is 8.29. The lowest BCUT2D eigenvalue weighted by molar-refractivity contribution is -0.137. The predicted octanol–water partition coefficient (Wildman–Crippen LogP) is 3.12. The summed E-state index contributed by atoms with van der Waals surface area (Å²) in [5, 5.41) is 3.29. The molecule has 3 N–H and O–H groups in total. The molecule has 1 aliphatic carbocycles. The van der Waals surface area contributed by atoms with Crippen molar-refractivity contribution < 1.29 is 9.59 Å². The number of fused-ring (bicyclic) bond motifs is 1. The number of amides is 1. The Hall–Kier alpha value is -1.47. The maximum absolute atomic E-state index is 13.3. The van der Waals surface area contributed by atoms with E-state index in [-0.39, 0.29) is 5.92 Å². The molecule has 156 valence electrons. The number of hydrogen-bond acceptors (Lipinski definition) is 4. The van der Waals surface area contributed by atoms with Gasteiger partial charge >= 0.3 is 0 Å². The fraction of sp³-hybridized carbons (Fsp3) is 0.522. The van der Waals surface area contributed by atoms with Gasteiger partial charge in [0.05, 0.1) is 0 Å². The van der Waals surface area contributed by atoms with Gasteiger partial charge in [-0.05, 0) is 78.4 Å². The normalized spacial score (nSPS) is 20.6. The number of likely N-dealkylation sites (tertiary alicyclic amines) is 1. The monoisotopic (exact) mass is 428 g/mol. The maximum atomic E-state index is 13.3. The number of aryl methyl sites for hydroxylation is 1. The van der Waals surface area contributed by atoms with Crippen molar-refractivity contribution in [1.29, 1.82) is 0 Å². The highest BCUT2D eigenvalue weighted by Crippen LogP contribution is 2.33. The molecule has 1 saturated heterocycles. The van der Waals surface area contributed by atoms with E-state index in [0.717, 1.165) is 50.4 Å². The molecule has 0 spiro atoms. The Morgan fingerprint density at radius 2 is 2.03 bits per heavy atom. The molecule has 1 aromatic carbocycles. The Labute approximate surface area is 178 Å². The van der Waals surface area contributed by atoms with Crippen molar-refractivity contribution in [3.05, 3.63) is 51.2 Å². The molecule has 6 heteroatoms. The standard InChI is InChI=1S/C23H32N2O2SSi/c1-29(2,27)22-15-28-21-7-6-19(13-20(21)22)23(26)25-10-8-17(9-11-25)18-5-3-4-16(12-18)14-24/h3-5,12,15,17,19,27H,6-11,13-14,24H2,1-2H3/t19-/m0/s1. The molecule has 29 heavy (non-hydrogen) atoms. The van der Waals surface area contributed by atoms with Gasteiger partial charge in [-0.15, -0.1) is 11.3 Å². The van der Waals surface area contributed by atoms with E-state index in [0.29, 0.717) is 18.4 Å². The SMILES string of the molecule is C[Si](C)(O)c1csc2c1C[C@@H](C(=O)N1CCC(c3cccc(CN)c3)CC1)CC2. The van der Waals surface area contributed by atoms with Gasteiger partial charge in [0, 0.05) is 30.4 Å². The van der Waals surface area contributed by atoms with Gasteiger partial charge in [-0.25, -0.2) is 0 Å². The van der Waals surface area contributed by atoms with Crippen molar-refractivity contribution in [2.45, 2.75) is 57.7 Å². The molecule has 1 atom stereocenters. The molecular formula is C23H32N2O2SSi. The van der Waals surface area contributed by atoms with Gasteiger partial charge in [-0.1, -0.05) is 24.3 Å². The summed E-state index contributed by atoms with van der Waals surface area (Å²) in [6.45, 7) is 6.22. The van der Waals surface area contributed by atoms with Crippen LogP contribution in [-0.2, 0) is 24.2 Å². The first-order chi connectivity index (χ1) is 13.9. The zero-order valence-electron chi connectivity index (χ0n) is 17.5. The van der Waals surface area contributed by atoms with E-state index >= 15 is 0 Å². The zero-order valence-corrected chi connectivity index (χ0v) is 19.3. The van der Waals surface area contributed by atoms with Gasteiger partial charge in [-0.3, -0.25) is 4.79 Å². The highest BCUT2D eigenvalue weighted by atomic mass is 32.1. The van der Waals surface area contributed by atoms with E-state index in [4.69, 9.17) is 5.73 Å². The van der Waals surface area contributed by atoms with Crippen LogP contribution in [0.3, 0.4) is 0 Å². The molecule has 1 aliphatic heterocycles. The third-order valence-electron chi connectivity index (χ3n) is 6.62. The Kier molecular flexibility index (Phi) is 5.98. The second-order valence-corrected chi connectivity index (χ2v) is 13.7. The summed E-state index contributed by atoms with van der Waals surface area (Å²) in [4.78, 5) is 27.4. The number of rotatable bonds is 4.